The summed E-state index contributed by atoms with van der Waals surface area (Å²) in [4.78, 5) is 4.61. The lowest BCUT2D eigenvalue weighted by Crippen LogP contribution is -2.40. The van der Waals surface area contributed by atoms with Gasteiger partial charge in [-0.05, 0) is 30.5 Å². The van der Waals surface area contributed by atoms with Crippen molar-refractivity contribution in [3.63, 3.8) is 0 Å². The standard InChI is InChI=1S/C20H32N6O2/c1-5-10-21-20(23-12-13-26-15-24-25-19(26)6-2)22-11-9-16-7-8-17(27-3)18(14-16)28-4/h7-8,14-15H,5-6,9-13H2,1-4H3,(H2,21,22,23). The average Bonchev–Trinajstić information content (AvgIpc) is 3.18. The zero-order valence-electron chi connectivity index (χ0n) is 17.4. The van der Waals surface area contributed by atoms with Gasteiger partial charge in [-0.2, -0.15) is 0 Å². The summed E-state index contributed by atoms with van der Waals surface area (Å²) < 4.78 is 12.7. The lowest BCUT2D eigenvalue weighted by Gasteiger charge is -2.14. The molecule has 8 heteroatoms. The van der Waals surface area contributed by atoms with Gasteiger partial charge in [0.25, 0.3) is 0 Å². The normalized spacial score (nSPS) is 11.4. The van der Waals surface area contributed by atoms with Gasteiger partial charge in [-0.3, -0.25) is 4.99 Å². The van der Waals surface area contributed by atoms with Crippen LogP contribution in [0.5, 0.6) is 11.5 Å². The summed E-state index contributed by atoms with van der Waals surface area (Å²) in [6.07, 6.45) is 4.51. The summed E-state index contributed by atoms with van der Waals surface area (Å²) in [5, 5.41) is 14.9. The van der Waals surface area contributed by atoms with Crippen LogP contribution in [0.25, 0.3) is 0 Å². The van der Waals surface area contributed by atoms with Crippen molar-refractivity contribution in [1.29, 1.82) is 0 Å². The summed E-state index contributed by atoms with van der Waals surface area (Å²) in [5.41, 5.74) is 1.18. The topological polar surface area (TPSA) is 85.6 Å². The molecule has 2 N–H and O–H groups in total. The number of nitrogens with zero attached hydrogens (tertiary/aromatic N) is 4. The fourth-order valence-electron chi connectivity index (χ4n) is 2.79. The minimum atomic E-state index is 0.742. The van der Waals surface area contributed by atoms with Crippen molar-refractivity contribution in [2.45, 2.75) is 39.7 Å². The van der Waals surface area contributed by atoms with E-state index in [1.165, 1.54) is 5.56 Å². The van der Waals surface area contributed by atoms with Crippen molar-refractivity contribution in [3.05, 3.63) is 35.9 Å². The first kappa shape index (κ1) is 21.5. The molecule has 28 heavy (non-hydrogen) atoms. The third kappa shape index (κ3) is 6.44. The van der Waals surface area contributed by atoms with Gasteiger partial charge >= 0.3 is 0 Å². The molecule has 0 unspecified atom stereocenters. The predicted molar refractivity (Wildman–Crippen MR) is 111 cm³/mol. The molecule has 1 heterocycles. The van der Waals surface area contributed by atoms with Crippen LogP contribution in [-0.2, 0) is 19.4 Å². The van der Waals surface area contributed by atoms with Crippen molar-refractivity contribution in [1.82, 2.24) is 25.4 Å². The highest BCUT2D eigenvalue weighted by Crippen LogP contribution is 2.27. The minimum absolute atomic E-state index is 0.742. The molecule has 0 atom stereocenters. The van der Waals surface area contributed by atoms with Gasteiger partial charge in [0.1, 0.15) is 12.2 Å². The molecular formula is C20H32N6O2. The number of methoxy groups -OCH3 is 2. The maximum absolute atomic E-state index is 5.37. The van der Waals surface area contributed by atoms with Crippen LogP contribution >= 0.6 is 0 Å². The Morgan fingerprint density at radius 1 is 1.11 bits per heavy atom. The molecule has 0 aliphatic rings. The second-order valence-electron chi connectivity index (χ2n) is 6.32. The van der Waals surface area contributed by atoms with Gasteiger partial charge in [0, 0.05) is 32.6 Å². The first-order valence-corrected chi connectivity index (χ1v) is 9.81. The minimum Gasteiger partial charge on any atom is -0.493 e. The Morgan fingerprint density at radius 3 is 2.61 bits per heavy atom. The summed E-state index contributed by atoms with van der Waals surface area (Å²) >= 11 is 0. The van der Waals surface area contributed by atoms with E-state index in [4.69, 9.17) is 9.47 Å². The quantitative estimate of drug-likeness (QED) is 0.453. The van der Waals surface area contributed by atoms with E-state index in [2.05, 4.69) is 50.3 Å². The number of benzene rings is 1. The molecule has 2 rings (SSSR count). The molecule has 154 valence electrons. The number of hydrogen-bond donors (Lipinski definition) is 2. The summed E-state index contributed by atoms with van der Waals surface area (Å²) in [6.45, 7) is 7.33. The first-order chi connectivity index (χ1) is 13.7. The van der Waals surface area contributed by atoms with E-state index in [1.54, 1.807) is 20.5 Å². The van der Waals surface area contributed by atoms with E-state index in [0.717, 1.165) is 68.7 Å². The van der Waals surface area contributed by atoms with Crippen molar-refractivity contribution in [2.24, 2.45) is 4.99 Å². The lowest BCUT2D eigenvalue weighted by atomic mass is 10.1. The van der Waals surface area contributed by atoms with E-state index in [-0.39, 0.29) is 0 Å². The molecule has 0 aliphatic carbocycles. The van der Waals surface area contributed by atoms with E-state index in [9.17, 15) is 0 Å². The molecule has 0 saturated heterocycles. The van der Waals surface area contributed by atoms with Crippen LogP contribution < -0.4 is 20.1 Å². The molecule has 0 fully saturated rings. The number of nitrogens with one attached hydrogen (secondary N) is 2. The molecule has 1 aromatic heterocycles. The summed E-state index contributed by atoms with van der Waals surface area (Å²) in [6, 6.07) is 6.00. The molecule has 0 aliphatic heterocycles. The second-order valence-corrected chi connectivity index (χ2v) is 6.32. The van der Waals surface area contributed by atoms with Gasteiger partial charge in [-0.25, -0.2) is 0 Å². The zero-order chi connectivity index (χ0) is 20.2. The lowest BCUT2D eigenvalue weighted by molar-refractivity contribution is 0.354. The Labute approximate surface area is 167 Å². The van der Waals surface area contributed by atoms with Crippen molar-refractivity contribution < 1.29 is 9.47 Å². The molecule has 0 spiro atoms. The molecule has 1 aromatic carbocycles. The van der Waals surface area contributed by atoms with Crippen molar-refractivity contribution in [3.8, 4) is 11.5 Å². The smallest absolute Gasteiger partial charge is 0.191 e. The number of guanidine groups is 1. The Balaban J connectivity index is 1.85. The molecule has 0 radical (unpaired) electrons. The Hall–Kier alpha value is -2.77. The van der Waals surface area contributed by atoms with E-state index >= 15 is 0 Å². The van der Waals surface area contributed by atoms with Gasteiger partial charge in [-0.1, -0.05) is 19.9 Å². The fourth-order valence-corrected chi connectivity index (χ4v) is 2.79. The molecular weight excluding hydrogens is 356 g/mol. The second kappa shape index (κ2) is 11.8. The van der Waals surface area contributed by atoms with Crippen molar-refractivity contribution in [2.75, 3.05) is 33.9 Å². The number of aliphatic imine (C=N–C) groups is 1. The molecule has 0 saturated carbocycles. The SMILES string of the molecule is CCCN=C(NCCc1ccc(OC)c(OC)c1)NCCn1cnnc1CC. The third-order valence-electron chi connectivity index (χ3n) is 4.30. The van der Waals surface area contributed by atoms with Gasteiger partial charge in [0.15, 0.2) is 17.5 Å². The Bertz CT molecular complexity index is 744. The van der Waals surface area contributed by atoms with E-state index in [1.807, 2.05) is 12.1 Å². The number of aromatic nitrogens is 3. The van der Waals surface area contributed by atoms with Gasteiger partial charge in [-0.15, -0.1) is 10.2 Å². The van der Waals surface area contributed by atoms with Crippen LogP contribution in [0.1, 0.15) is 31.7 Å². The highest BCUT2D eigenvalue weighted by molar-refractivity contribution is 5.79. The highest BCUT2D eigenvalue weighted by atomic mass is 16.5. The highest BCUT2D eigenvalue weighted by Gasteiger charge is 2.06. The van der Waals surface area contributed by atoms with Gasteiger partial charge < -0.3 is 24.7 Å². The van der Waals surface area contributed by atoms with E-state index < -0.39 is 0 Å². The first-order valence-electron chi connectivity index (χ1n) is 9.81. The number of hydrogen-bond acceptors (Lipinski definition) is 5. The monoisotopic (exact) mass is 388 g/mol. The van der Waals surface area contributed by atoms with Crippen LogP contribution in [-0.4, -0.2) is 54.6 Å². The number of aryl methyl sites for hydroxylation is 1. The summed E-state index contributed by atoms with van der Waals surface area (Å²) in [7, 11) is 3.30. The van der Waals surface area contributed by atoms with Gasteiger partial charge in [0.2, 0.25) is 0 Å². The number of ether oxygens (including phenoxy) is 2. The zero-order valence-corrected chi connectivity index (χ0v) is 17.4. The van der Waals surface area contributed by atoms with Crippen LogP contribution in [0.4, 0.5) is 0 Å². The van der Waals surface area contributed by atoms with Crippen LogP contribution in [0.15, 0.2) is 29.5 Å². The predicted octanol–water partition coefficient (Wildman–Crippen LogP) is 2.05. The van der Waals surface area contributed by atoms with Crippen LogP contribution in [0, 0.1) is 0 Å². The molecule has 0 amide bonds. The van der Waals surface area contributed by atoms with Gasteiger partial charge in [0.05, 0.1) is 14.2 Å². The number of rotatable bonds is 11. The molecule has 8 nitrogen and oxygen atoms in total. The van der Waals surface area contributed by atoms with Crippen molar-refractivity contribution >= 4 is 5.96 Å². The van der Waals surface area contributed by atoms with Crippen LogP contribution in [0.2, 0.25) is 0 Å². The largest absolute Gasteiger partial charge is 0.493 e. The fraction of sp³-hybridized carbons (Fsp3) is 0.550. The summed E-state index contributed by atoms with van der Waals surface area (Å²) in [5.74, 6) is 3.31. The maximum Gasteiger partial charge on any atom is 0.191 e. The molecule has 2 aromatic rings. The third-order valence-corrected chi connectivity index (χ3v) is 4.30. The maximum atomic E-state index is 5.37. The van der Waals surface area contributed by atoms with E-state index in [0.29, 0.717) is 0 Å². The Morgan fingerprint density at radius 2 is 1.89 bits per heavy atom. The molecule has 0 bridgehead atoms. The van der Waals surface area contributed by atoms with Crippen LogP contribution in [0.3, 0.4) is 0 Å². The Kier molecular flexibility index (Phi) is 9.10. The average molecular weight is 389 g/mol.